The van der Waals surface area contributed by atoms with E-state index in [0.717, 1.165) is 16.9 Å². The minimum absolute atomic E-state index is 0.507. The van der Waals surface area contributed by atoms with Gasteiger partial charge in [0.25, 0.3) is 0 Å². The van der Waals surface area contributed by atoms with Gasteiger partial charge in [0.1, 0.15) is 0 Å². The molecule has 0 aliphatic carbocycles. The lowest BCUT2D eigenvalue weighted by Gasteiger charge is -1.99. The first-order chi connectivity index (χ1) is 7.84. The first-order valence-corrected chi connectivity index (χ1v) is 5.25. The van der Waals surface area contributed by atoms with E-state index in [4.69, 9.17) is 12.2 Å². The molecular formula is C11H8N4S. The summed E-state index contributed by atoms with van der Waals surface area (Å²) >= 11 is 5.08. The Morgan fingerprint density at radius 2 is 1.88 bits per heavy atom. The van der Waals surface area contributed by atoms with Gasteiger partial charge in [-0.25, -0.2) is 5.10 Å². The highest BCUT2D eigenvalue weighted by molar-refractivity contribution is 7.71. The van der Waals surface area contributed by atoms with Crippen molar-refractivity contribution in [3.63, 3.8) is 0 Å². The molecule has 0 aliphatic heterocycles. The number of nitrogens with one attached hydrogen (secondary N) is 1. The molecule has 4 nitrogen and oxygen atoms in total. The van der Waals surface area contributed by atoms with E-state index in [9.17, 15) is 0 Å². The number of H-pyrrole nitrogens is 1. The maximum atomic E-state index is 5.08. The number of hydrogen-bond acceptors (Lipinski definition) is 3. The average Bonchev–Trinajstić information content (AvgIpc) is 2.72. The lowest BCUT2D eigenvalue weighted by Crippen LogP contribution is -1.94. The van der Waals surface area contributed by atoms with Crippen molar-refractivity contribution in [1.82, 2.24) is 19.8 Å². The fourth-order valence-corrected chi connectivity index (χ4v) is 1.75. The molecule has 5 heteroatoms. The Labute approximate surface area is 96.6 Å². The molecule has 2 aromatic heterocycles. The Morgan fingerprint density at radius 1 is 1.06 bits per heavy atom. The van der Waals surface area contributed by atoms with Crippen molar-refractivity contribution < 1.29 is 0 Å². The third-order valence-corrected chi connectivity index (χ3v) is 2.61. The summed E-state index contributed by atoms with van der Waals surface area (Å²) in [6.45, 7) is 0. The second kappa shape index (κ2) is 3.53. The summed E-state index contributed by atoms with van der Waals surface area (Å²) in [7, 11) is 0. The molecule has 0 saturated carbocycles. The van der Waals surface area contributed by atoms with Gasteiger partial charge in [0, 0.05) is 5.56 Å². The van der Waals surface area contributed by atoms with Crippen LogP contribution in [0.15, 0.2) is 42.5 Å². The first-order valence-electron chi connectivity index (χ1n) is 4.84. The minimum atomic E-state index is 0.507. The molecule has 3 rings (SSSR count). The highest BCUT2D eigenvalue weighted by atomic mass is 32.1. The largest absolute Gasteiger partial charge is 0.250 e. The van der Waals surface area contributed by atoms with Crippen LogP contribution in [0.2, 0.25) is 0 Å². The number of aromatic amines is 1. The van der Waals surface area contributed by atoms with E-state index in [2.05, 4.69) is 15.3 Å². The molecule has 0 atom stereocenters. The number of rotatable bonds is 1. The van der Waals surface area contributed by atoms with Crippen LogP contribution in [0.1, 0.15) is 0 Å². The lowest BCUT2D eigenvalue weighted by molar-refractivity contribution is 0.915. The Morgan fingerprint density at radius 3 is 2.69 bits per heavy atom. The molecule has 0 radical (unpaired) electrons. The molecule has 1 aromatic carbocycles. The van der Waals surface area contributed by atoms with Crippen LogP contribution < -0.4 is 0 Å². The predicted octanol–water partition coefficient (Wildman–Crippen LogP) is 2.45. The van der Waals surface area contributed by atoms with E-state index >= 15 is 0 Å². The Kier molecular flexibility index (Phi) is 2.04. The summed E-state index contributed by atoms with van der Waals surface area (Å²) in [5, 5.41) is 11.2. The molecule has 78 valence electrons. The van der Waals surface area contributed by atoms with Crippen LogP contribution >= 0.6 is 12.2 Å². The van der Waals surface area contributed by atoms with Crippen molar-refractivity contribution in [3.8, 4) is 11.3 Å². The van der Waals surface area contributed by atoms with Gasteiger partial charge in [-0.3, -0.25) is 0 Å². The van der Waals surface area contributed by atoms with Crippen LogP contribution in [0.25, 0.3) is 16.9 Å². The number of nitrogens with zero attached hydrogens (tertiary/aromatic N) is 3. The third kappa shape index (κ3) is 1.42. The lowest BCUT2D eigenvalue weighted by atomic mass is 10.1. The number of benzene rings is 1. The summed E-state index contributed by atoms with van der Waals surface area (Å²) in [4.78, 5) is 0. The number of hydrogen-bond donors (Lipinski definition) is 1. The number of fused-ring (bicyclic) bond motifs is 1. The van der Waals surface area contributed by atoms with E-state index in [1.54, 1.807) is 4.52 Å². The zero-order valence-electron chi connectivity index (χ0n) is 8.29. The fraction of sp³-hybridized carbons (Fsp3) is 0. The van der Waals surface area contributed by atoms with Crippen LogP contribution in [0.3, 0.4) is 0 Å². The second-order valence-electron chi connectivity index (χ2n) is 3.38. The monoisotopic (exact) mass is 228 g/mol. The molecule has 0 bridgehead atoms. The maximum absolute atomic E-state index is 5.08. The van der Waals surface area contributed by atoms with E-state index in [0.29, 0.717) is 4.77 Å². The minimum Gasteiger partial charge on any atom is -0.250 e. The molecule has 2 heterocycles. The molecule has 1 N–H and O–H groups in total. The number of aromatic nitrogens is 4. The van der Waals surface area contributed by atoms with Crippen molar-refractivity contribution >= 4 is 17.9 Å². The maximum Gasteiger partial charge on any atom is 0.216 e. The highest BCUT2D eigenvalue weighted by Crippen LogP contribution is 2.15. The molecule has 0 fully saturated rings. The molecule has 3 aromatic rings. The van der Waals surface area contributed by atoms with Gasteiger partial charge in [0.2, 0.25) is 4.77 Å². The summed E-state index contributed by atoms with van der Waals surface area (Å²) < 4.78 is 2.13. The first kappa shape index (κ1) is 9.23. The van der Waals surface area contributed by atoms with Gasteiger partial charge >= 0.3 is 0 Å². The van der Waals surface area contributed by atoms with E-state index in [-0.39, 0.29) is 0 Å². The van der Waals surface area contributed by atoms with Gasteiger partial charge in [0.15, 0.2) is 5.65 Å². The predicted molar refractivity (Wildman–Crippen MR) is 63.6 cm³/mol. The topological polar surface area (TPSA) is 46.0 Å². The Hall–Kier alpha value is -2.01. The SMILES string of the molecule is S=c1[nH]nc2ccc(-c3ccccc3)nn12. The van der Waals surface area contributed by atoms with Crippen molar-refractivity contribution in [1.29, 1.82) is 0 Å². The van der Waals surface area contributed by atoms with Gasteiger partial charge in [0.05, 0.1) is 5.69 Å². The Balaban J connectivity index is 2.26. The van der Waals surface area contributed by atoms with Gasteiger partial charge < -0.3 is 0 Å². The van der Waals surface area contributed by atoms with Crippen LogP contribution in [0.4, 0.5) is 0 Å². The normalized spacial score (nSPS) is 10.8. The van der Waals surface area contributed by atoms with Crippen LogP contribution in [0, 0.1) is 4.77 Å². The van der Waals surface area contributed by atoms with E-state index in [1.165, 1.54) is 0 Å². The van der Waals surface area contributed by atoms with Gasteiger partial charge in [-0.1, -0.05) is 30.3 Å². The third-order valence-electron chi connectivity index (χ3n) is 2.34. The van der Waals surface area contributed by atoms with Crippen LogP contribution in [-0.4, -0.2) is 19.8 Å². The van der Waals surface area contributed by atoms with E-state index < -0.39 is 0 Å². The zero-order valence-corrected chi connectivity index (χ0v) is 9.11. The summed E-state index contributed by atoms with van der Waals surface area (Å²) in [6, 6.07) is 13.8. The van der Waals surface area contributed by atoms with Gasteiger partial charge in [-0.2, -0.15) is 14.7 Å². The van der Waals surface area contributed by atoms with Crippen molar-refractivity contribution in [3.05, 3.63) is 47.2 Å². The molecule has 16 heavy (non-hydrogen) atoms. The zero-order chi connectivity index (χ0) is 11.0. The standard InChI is InChI=1S/C11H8N4S/c16-11-13-12-10-7-6-9(14-15(10)11)8-4-2-1-3-5-8/h1-7H,(H,13,16). The molecule has 0 spiro atoms. The fourth-order valence-electron chi connectivity index (χ4n) is 1.57. The molecule has 0 amide bonds. The summed E-state index contributed by atoms with van der Waals surface area (Å²) in [6.07, 6.45) is 0. The second-order valence-corrected chi connectivity index (χ2v) is 3.77. The van der Waals surface area contributed by atoms with Gasteiger partial charge in [-0.05, 0) is 24.4 Å². The van der Waals surface area contributed by atoms with Crippen molar-refractivity contribution in [2.45, 2.75) is 0 Å². The van der Waals surface area contributed by atoms with Crippen molar-refractivity contribution in [2.24, 2.45) is 0 Å². The molecule has 0 saturated heterocycles. The quantitative estimate of drug-likeness (QED) is 0.651. The average molecular weight is 228 g/mol. The molecular weight excluding hydrogens is 220 g/mol. The Bertz CT molecular complexity index is 684. The van der Waals surface area contributed by atoms with Crippen molar-refractivity contribution in [2.75, 3.05) is 0 Å². The molecule has 0 unspecified atom stereocenters. The van der Waals surface area contributed by atoms with Crippen LogP contribution in [0.5, 0.6) is 0 Å². The van der Waals surface area contributed by atoms with E-state index in [1.807, 2.05) is 42.5 Å². The smallest absolute Gasteiger partial charge is 0.216 e. The summed E-state index contributed by atoms with van der Waals surface area (Å²) in [5.41, 5.74) is 2.67. The molecule has 0 aliphatic rings. The summed E-state index contributed by atoms with van der Waals surface area (Å²) in [5.74, 6) is 0. The van der Waals surface area contributed by atoms with Gasteiger partial charge in [-0.15, -0.1) is 0 Å². The highest BCUT2D eigenvalue weighted by Gasteiger charge is 2.02. The van der Waals surface area contributed by atoms with Crippen LogP contribution in [-0.2, 0) is 0 Å².